The zero-order chi connectivity index (χ0) is 49.2. The van der Waals surface area contributed by atoms with Crippen LogP contribution in [0.4, 0.5) is 4.79 Å². The molecule has 1 aromatic carbocycles. The lowest BCUT2D eigenvalue weighted by Gasteiger charge is -2.37. The third-order valence-corrected chi connectivity index (χ3v) is 11.1. The van der Waals surface area contributed by atoms with Crippen LogP contribution in [0.5, 0.6) is 5.75 Å². The Morgan fingerprint density at radius 2 is 1.65 bits per heavy atom. The first-order valence-corrected chi connectivity index (χ1v) is 22.0. The zero-order valence-electron chi connectivity index (χ0n) is 39.5. The molecule has 2 aromatic heterocycles. The monoisotopic (exact) mass is 920 g/mol. The quantitative estimate of drug-likeness (QED) is 0.0548. The van der Waals surface area contributed by atoms with Gasteiger partial charge in [0.2, 0.25) is 29.2 Å². The third-order valence-electron chi connectivity index (χ3n) is 11.1. The van der Waals surface area contributed by atoms with Crippen LogP contribution in [0.1, 0.15) is 105 Å². The summed E-state index contributed by atoms with van der Waals surface area (Å²) in [5, 5.41) is 22.8. The van der Waals surface area contributed by atoms with Crippen molar-refractivity contribution in [2.75, 3.05) is 32.8 Å². The highest BCUT2D eigenvalue weighted by atomic mass is 16.6. The Kier molecular flexibility index (Phi) is 16.1. The molecule has 0 spiro atoms. The van der Waals surface area contributed by atoms with Crippen LogP contribution < -0.4 is 36.9 Å². The van der Waals surface area contributed by atoms with Gasteiger partial charge in [-0.25, -0.2) is 14.6 Å². The second-order valence-corrected chi connectivity index (χ2v) is 17.2. The predicted octanol–water partition coefficient (Wildman–Crippen LogP) is 2.14. The Balaban J connectivity index is 1.11. The van der Waals surface area contributed by atoms with Gasteiger partial charge in [-0.3, -0.25) is 28.8 Å². The first-order valence-electron chi connectivity index (χ1n) is 22.7. The van der Waals surface area contributed by atoms with Crippen molar-refractivity contribution in [3.63, 3.8) is 0 Å². The Hall–Kier alpha value is -6.41. The van der Waals surface area contributed by atoms with E-state index in [0.717, 1.165) is 11.1 Å². The number of carbonyl (C=O) groups excluding carboxylic acids is 7. The van der Waals surface area contributed by atoms with Gasteiger partial charge in [-0.2, -0.15) is 0 Å². The van der Waals surface area contributed by atoms with Crippen molar-refractivity contribution in [3.8, 4) is 17.1 Å². The van der Waals surface area contributed by atoms with E-state index >= 15 is 0 Å². The number of fused-ring (bicyclic) bond motifs is 5. The van der Waals surface area contributed by atoms with Crippen LogP contribution in [0.25, 0.3) is 22.3 Å². The number of pyridine rings is 2. The fraction of sp³-hybridized carbons (Fsp3) is 0.543. The van der Waals surface area contributed by atoms with Crippen LogP contribution in [-0.4, -0.2) is 107 Å². The highest BCUT2D eigenvalue weighted by Crippen LogP contribution is 2.43. The molecule has 66 heavy (non-hydrogen) atoms. The molecule has 0 fully saturated rings. The third kappa shape index (κ3) is 11.9. The normalized spacial score (nSPS) is 16.5. The van der Waals surface area contributed by atoms with E-state index in [-0.39, 0.29) is 87.4 Å². The molecule has 5 rings (SSSR count). The molecule has 0 bridgehead atoms. The molecule has 6 N–H and O–H groups in total. The average Bonchev–Trinajstić information content (AvgIpc) is 3.66. The lowest BCUT2D eigenvalue weighted by Crippen LogP contribution is -2.52. The van der Waals surface area contributed by atoms with Crippen molar-refractivity contribution in [2.45, 2.75) is 124 Å². The largest absolute Gasteiger partial charge is 0.457 e. The molecular formula is C46H61N7O13. The van der Waals surface area contributed by atoms with Gasteiger partial charge < -0.3 is 55.2 Å². The number of cyclic esters (lactones) is 1. The van der Waals surface area contributed by atoms with Gasteiger partial charge in [0, 0.05) is 57.0 Å². The number of aliphatic hydroxyl groups is 1. The lowest BCUT2D eigenvalue weighted by molar-refractivity contribution is -0.194. The van der Waals surface area contributed by atoms with Crippen molar-refractivity contribution in [1.29, 1.82) is 0 Å². The van der Waals surface area contributed by atoms with Crippen molar-refractivity contribution >= 4 is 52.6 Å². The minimum atomic E-state index is -1.81. The van der Waals surface area contributed by atoms with Crippen molar-refractivity contribution in [3.05, 3.63) is 56.9 Å². The van der Waals surface area contributed by atoms with Crippen molar-refractivity contribution in [1.82, 2.24) is 36.1 Å². The number of benzene rings is 1. The number of rotatable bonds is 20. The fourth-order valence-corrected chi connectivity index (χ4v) is 7.44. The molecule has 20 nitrogen and oxygen atoms in total. The van der Waals surface area contributed by atoms with Crippen LogP contribution in [0.15, 0.2) is 29.1 Å². The molecule has 3 aromatic rings. The van der Waals surface area contributed by atoms with E-state index in [1.165, 1.54) is 13.8 Å². The number of hydrogen-bond acceptors (Lipinski definition) is 14. The van der Waals surface area contributed by atoms with E-state index in [0.29, 0.717) is 48.3 Å². The number of esters is 2. The first kappa shape index (κ1) is 49.0. The topological polar surface area (TPSA) is 272 Å². The number of aryl methyl sites for hydroxylation is 1. The second kappa shape index (κ2) is 21.7. The maximum absolute atomic E-state index is 14.1. The minimum Gasteiger partial charge on any atom is -0.457 e. The van der Waals surface area contributed by atoms with E-state index in [9.17, 15) is 43.5 Å². The van der Waals surface area contributed by atoms with Crippen LogP contribution in [0, 0.1) is 5.41 Å². The Labute approximate surface area is 383 Å². The maximum Gasteiger partial charge on any atom is 0.412 e. The summed E-state index contributed by atoms with van der Waals surface area (Å²) in [4.78, 5) is 108. The standard InChI is InChI=1S/C46H61N7O13/c1-9-29-30-20-28(65-44(62)49-18-17-48-39(57)26(4)51-40(58)27(5)50-37(56)15-14-36(55)47-16-11-19-63-23-25(3)54)12-13-34(30)52-38-31(29)22-53-35(38)21-33-32(41(53)59)24-64-43(61)46(33,10-2)66-42(60)45(6,7)8/h12-13,20-21,25-27,54H,9-11,14-19,22-24H2,1-8H3,(H,47,55)(H,48,57)(H,49,62)(H,50,56)(H,51,58)/t25?,26-,27-,46-/m0/s1/i3D. The summed E-state index contributed by atoms with van der Waals surface area (Å²) < 4.78 is 30.7. The van der Waals surface area contributed by atoms with Gasteiger partial charge in [-0.1, -0.05) is 13.8 Å². The summed E-state index contributed by atoms with van der Waals surface area (Å²) in [6, 6.07) is 4.67. The summed E-state index contributed by atoms with van der Waals surface area (Å²) in [6.07, 6.45) is -0.837. The van der Waals surface area contributed by atoms with Crippen LogP contribution >= 0.6 is 0 Å². The van der Waals surface area contributed by atoms with Gasteiger partial charge in [-0.05, 0) is 90.6 Å². The van der Waals surface area contributed by atoms with E-state index < -0.39 is 65.0 Å². The lowest BCUT2D eigenvalue weighted by atomic mass is 9.84. The van der Waals surface area contributed by atoms with Gasteiger partial charge in [-0.15, -0.1) is 0 Å². The van der Waals surface area contributed by atoms with Gasteiger partial charge in [0.05, 0.1) is 47.1 Å². The Bertz CT molecular complexity index is 2450. The molecular weight excluding hydrogens is 859 g/mol. The fourth-order valence-electron chi connectivity index (χ4n) is 7.44. The summed E-state index contributed by atoms with van der Waals surface area (Å²) in [5.74, 6) is -3.20. The number of hydrogen-bond donors (Lipinski definition) is 6. The summed E-state index contributed by atoms with van der Waals surface area (Å²) in [6.45, 7) is 12.0. The first-order chi connectivity index (χ1) is 31.7. The molecule has 4 atom stereocenters. The molecule has 0 saturated carbocycles. The molecule has 5 amide bonds. The van der Waals surface area contributed by atoms with Gasteiger partial charge in [0.15, 0.2) is 0 Å². The predicted molar refractivity (Wildman–Crippen MR) is 239 cm³/mol. The number of aliphatic hydroxyl groups excluding tert-OH is 1. The van der Waals surface area contributed by atoms with E-state index in [1.807, 2.05) is 6.92 Å². The number of nitrogens with zero attached hydrogens (tertiary/aromatic N) is 2. The summed E-state index contributed by atoms with van der Waals surface area (Å²) >= 11 is 0. The summed E-state index contributed by atoms with van der Waals surface area (Å²) in [5.41, 5.74) is 0.636. The highest BCUT2D eigenvalue weighted by Gasteiger charge is 2.51. The van der Waals surface area contributed by atoms with Crippen LogP contribution in [0.3, 0.4) is 0 Å². The number of nitrogens with one attached hydrogen (secondary N) is 5. The van der Waals surface area contributed by atoms with Crippen molar-refractivity contribution in [2.24, 2.45) is 5.41 Å². The number of amides is 5. The Morgan fingerprint density at radius 1 is 0.939 bits per heavy atom. The maximum atomic E-state index is 14.1. The van der Waals surface area contributed by atoms with Crippen molar-refractivity contribution < 1.29 is 59.0 Å². The molecule has 2 aliphatic heterocycles. The van der Waals surface area contributed by atoms with E-state index in [4.69, 9.17) is 25.3 Å². The Morgan fingerprint density at radius 3 is 2.35 bits per heavy atom. The zero-order valence-corrected chi connectivity index (χ0v) is 38.5. The smallest absolute Gasteiger partial charge is 0.412 e. The van der Waals surface area contributed by atoms with E-state index in [1.54, 1.807) is 56.5 Å². The SMILES string of the molecule is [2H]CC(O)COCCCNC(=O)CCC(=O)N[C@@H](C)C(=O)N[C@@H](C)C(=O)NCCNC(=O)Oc1ccc2nc3c(c(CC)c2c1)Cn1c-3cc2c(c1=O)COC(=O)[C@@]2(CC)OC(=O)C(C)(C)C. The number of aromatic nitrogens is 2. The number of carbonyl (C=O) groups is 7. The molecule has 0 saturated heterocycles. The van der Waals surface area contributed by atoms with Crippen LogP contribution in [0.2, 0.25) is 0 Å². The van der Waals surface area contributed by atoms with Gasteiger partial charge in [0.25, 0.3) is 5.56 Å². The van der Waals surface area contributed by atoms with Crippen LogP contribution in [-0.2, 0) is 68.2 Å². The molecule has 0 aliphatic carbocycles. The molecule has 2 aliphatic rings. The van der Waals surface area contributed by atoms with Gasteiger partial charge >= 0.3 is 18.0 Å². The molecule has 1 unspecified atom stereocenters. The molecule has 358 valence electrons. The summed E-state index contributed by atoms with van der Waals surface area (Å²) in [7, 11) is 0. The van der Waals surface area contributed by atoms with E-state index in [2.05, 4.69) is 26.6 Å². The molecule has 4 heterocycles. The van der Waals surface area contributed by atoms with Gasteiger partial charge in [0.1, 0.15) is 24.4 Å². The second-order valence-electron chi connectivity index (χ2n) is 17.2. The molecule has 20 heteroatoms. The number of ether oxygens (including phenoxy) is 4. The minimum absolute atomic E-state index is 0.000444. The molecule has 0 radical (unpaired) electrons. The highest BCUT2D eigenvalue weighted by molar-refractivity contribution is 5.93. The average molecular weight is 921 g/mol.